The number of hydrogen-bond donors (Lipinski definition) is 0. The van der Waals surface area contributed by atoms with Crippen molar-refractivity contribution in [2.75, 3.05) is 11.4 Å². The van der Waals surface area contributed by atoms with Gasteiger partial charge in [-0.15, -0.1) is 12.3 Å². The third-order valence-electron chi connectivity index (χ3n) is 3.63. The van der Waals surface area contributed by atoms with Crippen LogP contribution in [0.4, 0.5) is 5.82 Å². The van der Waals surface area contributed by atoms with Crippen molar-refractivity contribution in [3.8, 4) is 12.3 Å². The van der Waals surface area contributed by atoms with E-state index >= 15 is 0 Å². The molecule has 1 atom stereocenters. The molecule has 1 fully saturated rings. The molecule has 4 nitrogen and oxygen atoms in total. The summed E-state index contributed by atoms with van der Waals surface area (Å²) in [5.74, 6) is 3.29. The van der Waals surface area contributed by atoms with E-state index in [2.05, 4.69) is 15.9 Å². The van der Waals surface area contributed by atoms with Crippen molar-refractivity contribution in [1.82, 2.24) is 9.97 Å². The lowest BCUT2D eigenvalue weighted by atomic mass is 10.1. The largest absolute Gasteiger partial charge is 0.295 e. The Labute approximate surface area is 117 Å². The van der Waals surface area contributed by atoms with E-state index in [1.54, 1.807) is 4.90 Å². The molecule has 0 saturated carbocycles. The lowest BCUT2D eigenvalue weighted by molar-refractivity contribution is -0.117. The van der Waals surface area contributed by atoms with Crippen LogP contribution in [-0.2, 0) is 4.79 Å². The van der Waals surface area contributed by atoms with Crippen LogP contribution in [0.3, 0.4) is 0 Å². The topological polar surface area (TPSA) is 46.1 Å². The number of terminal acetylenes is 1. The fourth-order valence-electron chi connectivity index (χ4n) is 2.61. The fourth-order valence-corrected chi connectivity index (χ4v) is 2.61. The van der Waals surface area contributed by atoms with Crippen molar-refractivity contribution in [2.24, 2.45) is 5.92 Å². The first-order chi connectivity index (χ1) is 9.58. The van der Waals surface area contributed by atoms with Gasteiger partial charge in [-0.2, -0.15) is 0 Å². The fraction of sp³-hybridized carbons (Fsp3) is 0.312. The zero-order valence-corrected chi connectivity index (χ0v) is 11.6. The minimum atomic E-state index is -0.0211. The minimum Gasteiger partial charge on any atom is -0.295 e. The number of rotatable bonds is 1. The van der Waals surface area contributed by atoms with Crippen molar-refractivity contribution in [1.29, 1.82) is 0 Å². The lowest BCUT2D eigenvalue weighted by Crippen LogP contribution is -2.25. The van der Waals surface area contributed by atoms with Crippen molar-refractivity contribution in [3.63, 3.8) is 0 Å². The molecule has 0 N–H and O–H groups in total. The zero-order valence-electron chi connectivity index (χ0n) is 11.6. The van der Waals surface area contributed by atoms with Gasteiger partial charge in [0, 0.05) is 30.0 Å². The Morgan fingerprint density at radius 2 is 2.15 bits per heavy atom. The van der Waals surface area contributed by atoms with Gasteiger partial charge in [-0.1, -0.05) is 0 Å². The Kier molecular flexibility index (Phi) is 2.90. The van der Waals surface area contributed by atoms with Gasteiger partial charge in [0.15, 0.2) is 5.65 Å². The SMILES string of the molecule is C#CC1CC(=O)N(c2ccc3c(C)cc(C)nc3n2)C1. The van der Waals surface area contributed by atoms with E-state index < -0.39 is 0 Å². The number of aromatic nitrogens is 2. The van der Waals surface area contributed by atoms with Crippen LogP contribution in [0.1, 0.15) is 17.7 Å². The van der Waals surface area contributed by atoms with Gasteiger partial charge in [-0.25, -0.2) is 9.97 Å². The summed E-state index contributed by atoms with van der Waals surface area (Å²) in [6.45, 7) is 4.52. The standard InChI is InChI=1S/C16H15N3O/c1-4-12-8-15(20)19(9-12)14-6-5-13-10(2)7-11(3)17-16(13)18-14/h1,5-7,12H,8-9H2,2-3H3. The molecule has 1 aliphatic heterocycles. The number of amides is 1. The molecule has 1 aliphatic rings. The Hall–Kier alpha value is -2.41. The van der Waals surface area contributed by atoms with Gasteiger partial charge in [0.05, 0.1) is 0 Å². The van der Waals surface area contributed by atoms with E-state index in [-0.39, 0.29) is 11.8 Å². The van der Waals surface area contributed by atoms with Crippen molar-refractivity contribution in [3.05, 3.63) is 29.5 Å². The highest BCUT2D eigenvalue weighted by atomic mass is 16.2. The van der Waals surface area contributed by atoms with E-state index in [0.717, 1.165) is 16.6 Å². The predicted molar refractivity (Wildman–Crippen MR) is 78.3 cm³/mol. The highest BCUT2D eigenvalue weighted by molar-refractivity contribution is 5.96. The maximum absolute atomic E-state index is 12.0. The molecule has 20 heavy (non-hydrogen) atoms. The van der Waals surface area contributed by atoms with Gasteiger partial charge < -0.3 is 0 Å². The first-order valence-corrected chi connectivity index (χ1v) is 6.60. The van der Waals surface area contributed by atoms with Gasteiger partial charge in [0.1, 0.15) is 5.82 Å². The molecule has 0 spiro atoms. The maximum atomic E-state index is 12.0. The summed E-state index contributed by atoms with van der Waals surface area (Å²) in [4.78, 5) is 22.6. The summed E-state index contributed by atoms with van der Waals surface area (Å²) in [7, 11) is 0. The number of carbonyl (C=O) groups excluding carboxylic acids is 1. The third-order valence-corrected chi connectivity index (χ3v) is 3.63. The summed E-state index contributed by atoms with van der Waals surface area (Å²) < 4.78 is 0. The van der Waals surface area contributed by atoms with E-state index in [1.807, 2.05) is 32.0 Å². The van der Waals surface area contributed by atoms with Crippen LogP contribution in [0.15, 0.2) is 18.2 Å². The first-order valence-electron chi connectivity index (χ1n) is 6.60. The van der Waals surface area contributed by atoms with Crippen molar-refractivity contribution < 1.29 is 4.79 Å². The molecule has 100 valence electrons. The molecule has 0 bridgehead atoms. The van der Waals surface area contributed by atoms with Crippen molar-refractivity contribution in [2.45, 2.75) is 20.3 Å². The molecule has 2 aromatic heterocycles. The molecule has 3 rings (SSSR count). The second-order valence-electron chi connectivity index (χ2n) is 5.19. The van der Waals surface area contributed by atoms with Gasteiger partial charge in [-0.3, -0.25) is 9.69 Å². The predicted octanol–water partition coefficient (Wildman–Crippen LogP) is 2.23. The molecule has 1 saturated heterocycles. The number of hydrogen-bond acceptors (Lipinski definition) is 3. The summed E-state index contributed by atoms with van der Waals surface area (Å²) >= 11 is 0. The first kappa shape index (κ1) is 12.6. The molecule has 1 unspecified atom stereocenters. The minimum absolute atomic E-state index is 0.0211. The number of fused-ring (bicyclic) bond motifs is 1. The van der Waals surface area contributed by atoms with Gasteiger partial charge >= 0.3 is 0 Å². The van der Waals surface area contributed by atoms with E-state index in [9.17, 15) is 4.79 Å². The lowest BCUT2D eigenvalue weighted by Gasteiger charge is -2.15. The highest BCUT2D eigenvalue weighted by Gasteiger charge is 2.30. The summed E-state index contributed by atoms with van der Waals surface area (Å²) in [6.07, 6.45) is 5.80. The molecule has 4 heteroatoms. The number of pyridine rings is 2. The Morgan fingerprint density at radius 3 is 2.85 bits per heavy atom. The normalized spacial score (nSPS) is 18.6. The molecule has 1 amide bonds. The molecule has 2 aromatic rings. The molecular formula is C16H15N3O. The third kappa shape index (κ3) is 2.01. The maximum Gasteiger partial charge on any atom is 0.229 e. The molecular weight excluding hydrogens is 250 g/mol. The van der Waals surface area contributed by atoms with Crippen LogP contribution >= 0.6 is 0 Å². The molecule has 0 aromatic carbocycles. The Morgan fingerprint density at radius 1 is 1.35 bits per heavy atom. The smallest absolute Gasteiger partial charge is 0.229 e. The van der Waals surface area contributed by atoms with Crippen LogP contribution in [0.25, 0.3) is 11.0 Å². The molecule has 0 aliphatic carbocycles. The highest BCUT2D eigenvalue weighted by Crippen LogP contribution is 2.25. The van der Waals surface area contributed by atoms with Crippen LogP contribution < -0.4 is 4.90 Å². The Bertz CT molecular complexity index is 745. The van der Waals surface area contributed by atoms with Gasteiger partial charge in [0.2, 0.25) is 5.91 Å². The van der Waals surface area contributed by atoms with Crippen LogP contribution in [0.2, 0.25) is 0 Å². The summed E-state index contributed by atoms with van der Waals surface area (Å²) in [5.41, 5.74) is 2.74. The van der Waals surface area contributed by atoms with Crippen molar-refractivity contribution >= 4 is 22.8 Å². The number of aryl methyl sites for hydroxylation is 2. The van der Waals surface area contributed by atoms with E-state index in [1.165, 1.54) is 0 Å². The summed E-state index contributed by atoms with van der Waals surface area (Å²) in [5, 5.41) is 1.01. The van der Waals surface area contributed by atoms with Crippen LogP contribution in [-0.4, -0.2) is 22.4 Å². The van der Waals surface area contributed by atoms with Crippen LogP contribution in [0.5, 0.6) is 0 Å². The van der Waals surface area contributed by atoms with Crippen LogP contribution in [0, 0.1) is 32.1 Å². The van der Waals surface area contributed by atoms with Gasteiger partial charge in [0.25, 0.3) is 0 Å². The van der Waals surface area contributed by atoms with Gasteiger partial charge in [-0.05, 0) is 37.6 Å². The second kappa shape index (κ2) is 4.61. The number of nitrogens with zero attached hydrogens (tertiary/aromatic N) is 3. The second-order valence-corrected chi connectivity index (χ2v) is 5.19. The quantitative estimate of drug-likeness (QED) is 0.743. The molecule has 3 heterocycles. The average molecular weight is 265 g/mol. The zero-order chi connectivity index (χ0) is 14.3. The number of anilines is 1. The number of carbonyl (C=O) groups is 1. The van der Waals surface area contributed by atoms with E-state index in [4.69, 9.17) is 6.42 Å². The average Bonchev–Trinajstić information content (AvgIpc) is 2.79. The monoisotopic (exact) mass is 265 g/mol. The van der Waals surface area contributed by atoms with E-state index in [0.29, 0.717) is 24.4 Å². The summed E-state index contributed by atoms with van der Waals surface area (Å²) in [6, 6.07) is 5.86. The molecule has 0 radical (unpaired) electrons. The Balaban J connectivity index is 2.06.